The molecule has 396 valence electrons. The predicted molar refractivity (Wildman–Crippen MR) is 208 cm³/mol. The largest absolute Gasteiger partial charge is 0.394 e. The summed E-state index contributed by atoms with van der Waals surface area (Å²) in [5.74, 6) is -0.894. The molecular formula is C38H65NO29. The highest BCUT2D eigenvalue weighted by atomic mass is 16.8. The summed E-state index contributed by atoms with van der Waals surface area (Å²) < 4.78 is 63.9. The molecule has 0 bridgehead atoms. The normalized spacial score (nSPS) is 52.6. The standard InChI is InChI=1S/C38H65NO29/c1-8-16(45)20(49)25(54)35(58-8)65-29-14(7-43)63-34(67-31-19(48)12(5-41)61-37(27(31)56)64-28-13(6-42)60-33(57)24(53)23(28)52)15(39-10(3)44)30(29)66-38-32(22(51)18(47)11(4-40)62-38)68-36-26(55)21(50)17(46)9(2)59-36/h8-9,11-38,40-43,45-57H,4-7H2,1-3H3,(H,39,44)/t8-,9-,11-,12-,13-,14-,15-,16+,17+,18+,19+,20+,21+,22+,23+,24-,25-,26-,27+,28-,29-,30-,31+,32-,33?,34+,35-,36-,37+,38+/m1/s1. The second kappa shape index (κ2) is 23.5. The van der Waals surface area contributed by atoms with Crippen LogP contribution in [0.15, 0.2) is 0 Å². The lowest BCUT2D eigenvalue weighted by Gasteiger charge is -2.52. The van der Waals surface area contributed by atoms with Gasteiger partial charge < -0.3 is 144 Å². The van der Waals surface area contributed by atoms with Gasteiger partial charge in [0.2, 0.25) is 5.91 Å². The number of hydrogen-bond acceptors (Lipinski definition) is 29. The summed E-state index contributed by atoms with van der Waals surface area (Å²) in [6.45, 7) is -0.357. The quantitative estimate of drug-likeness (QED) is 0.0724. The molecule has 6 rings (SSSR count). The van der Waals surface area contributed by atoms with E-state index in [0.717, 1.165) is 6.92 Å². The lowest BCUT2D eigenvalue weighted by molar-refractivity contribution is -0.400. The highest BCUT2D eigenvalue weighted by Crippen LogP contribution is 2.38. The van der Waals surface area contributed by atoms with Crippen molar-refractivity contribution in [3.05, 3.63) is 0 Å². The van der Waals surface area contributed by atoms with Gasteiger partial charge in [0.25, 0.3) is 0 Å². The number of carbonyl (C=O) groups excluding carboxylic acids is 1. The van der Waals surface area contributed by atoms with Crippen molar-refractivity contribution in [2.75, 3.05) is 26.4 Å². The molecule has 0 aliphatic carbocycles. The molecular weight excluding hydrogens is 934 g/mol. The van der Waals surface area contributed by atoms with Gasteiger partial charge in [-0.3, -0.25) is 4.79 Å². The smallest absolute Gasteiger partial charge is 0.217 e. The van der Waals surface area contributed by atoms with Crippen LogP contribution in [-0.4, -0.2) is 303 Å². The van der Waals surface area contributed by atoms with Crippen LogP contribution in [0.1, 0.15) is 20.8 Å². The number of rotatable bonds is 15. The van der Waals surface area contributed by atoms with E-state index in [1.807, 2.05) is 0 Å². The molecule has 0 saturated carbocycles. The Bertz CT molecular complexity index is 1590. The third-order valence-electron chi connectivity index (χ3n) is 12.8. The second-order valence-corrected chi connectivity index (χ2v) is 17.5. The van der Waals surface area contributed by atoms with Gasteiger partial charge in [0, 0.05) is 6.92 Å². The number of ether oxygens (including phenoxy) is 11. The predicted octanol–water partition coefficient (Wildman–Crippen LogP) is -11.9. The highest BCUT2D eigenvalue weighted by Gasteiger charge is 2.59. The van der Waals surface area contributed by atoms with Gasteiger partial charge in [-0.15, -0.1) is 0 Å². The molecule has 68 heavy (non-hydrogen) atoms. The minimum atomic E-state index is -2.19. The highest BCUT2D eigenvalue weighted by molar-refractivity contribution is 5.73. The zero-order chi connectivity index (χ0) is 50.2. The first-order valence-corrected chi connectivity index (χ1v) is 21.8. The Morgan fingerprint density at radius 3 is 1.32 bits per heavy atom. The van der Waals surface area contributed by atoms with Gasteiger partial charge in [-0.05, 0) is 13.8 Å². The Kier molecular flexibility index (Phi) is 19.2. The van der Waals surface area contributed by atoms with Crippen molar-refractivity contribution in [1.29, 1.82) is 0 Å². The van der Waals surface area contributed by atoms with E-state index in [4.69, 9.17) is 52.1 Å². The zero-order valence-electron chi connectivity index (χ0n) is 36.7. The third-order valence-corrected chi connectivity index (χ3v) is 12.8. The van der Waals surface area contributed by atoms with E-state index in [1.54, 1.807) is 0 Å². The van der Waals surface area contributed by atoms with E-state index < -0.39 is 217 Å². The van der Waals surface area contributed by atoms with Crippen LogP contribution < -0.4 is 5.32 Å². The van der Waals surface area contributed by atoms with Crippen LogP contribution >= 0.6 is 0 Å². The molecule has 0 radical (unpaired) electrons. The molecule has 18 N–H and O–H groups in total. The van der Waals surface area contributed by atoms with E-state index >= 15 is 0 Å². The number of aliphatic hydroxyl groups excluding tert-OH is 17. The molecule has 0 aromatic rings. The van der Waals surface area contributed by atoms with Crippen molar-refractivity contribution >= 4 is 5.91 Å². The summed E-state index contributed by atoms with van der Waals surface area (Å²) in [6, 6.07) is -1.86. The van der Waals surface area contributed by atoms with Gasteiger partial charge >= 0.3 is 0 Å². The Hall–Kier alpha value is -1.65. The van der Waals surface area contributed by atoms with Crippen molar-refractivity contribution < 1.29 is 144 Å². The number of hydrogen-bond donors (Lipinski definition) is 18. The molecule has 30 nitrogen and oxygen atoms in total. The summed E-state index contributed by atoms with van der Waals surface area (Å²) in [5.41, 5.74) is 0. The fourth-order valence-electron chi connectivity index (χ4n) is 8.78. The summed E-state index contributed by atoms with van der Waals surface area (Å²) in [4.78, 5) is 13.1. The van der Waals surface area contributed by atoms with Gasteiger partial charge in [0.05, 0.1) is 38.6 Å². The van der Waals surface area contributed by atoms with E-state index in [0.29, 0.717) is 0 Å². The number of amides is 1. The SMILES string of the molecule is CC(=O)N[C@H]1[C@H](O[C@@H]2[C@H](O)[C@H](O[C@H]3[C@@H](O)[C@@H](O)C(O)O[C@@H]3CO)O[C@H](CO)[C@@H]2O)O[C@H](CO)[C@@H](O[C@H]2O[C@H](C)[C@H](O)[C@H](O)[C@H]2O)[C@@H]1O[C@@H]1O[C@H](CO)[C@H](O)[C@H](O)[C@H]1O[C@H]1O[C@H](C)[C@H](O)[C@H](O)[C@H]1O. The number of nitrogens with one attached hydrogen (secondary N) is 1. The first-order valence-electron chi connectivity index (χ1n) is 21.8. The first-order chi connectivity index (χ1) is 32.1. The third kappa shape index (κ3) is 11.4. The average Bonchev–Trinajstić information content (AvgIpc) is 3.31. The van der Waals surface area contributed by atoms with Crippen LogP contribution in [0.2, 0.25) is 0 Å². The molecule has 0 aromatic heterocycles. The Morgan fingerprint density at radius 1 is 0.382 bits per heavy atom. The van der Waals surface area contributed by atoms with E-state index in [1.165, 1.54) is 13.8 Å². The van der Waals surface area contributed by atoms with Crippen LogP contribution in [0.4, 0.5) is 0 Å². The van der Waals surface area contributed by atoms with Gasteiger partial charge in [-0.25, -0.2) is 0 Å². The van der Waals surface area contributed by atoms with Crippen LogP contribution in [-0.2, 0) is 56.9 Å². The maximum Gasteiger partial charge on any atom is 0.217 e. The van der Waals surface area contributed by atoms with E-state index in [2.05, 4.69) is 5.32 Å². The fraction of sp³-hybridized carbons (Fsp3) is 0.974. The molecule has 6 saturated heterocycles. The minimum absolute atomic E-state index is 0.894. The van der Waals surface area contributed by atoms with E-state index in [9.17, 15) is 91.6 Å². The van der Waals surface area contributed by atoms with Crippen LogP contribution in [0.5, 0.6) is 0 Å². The van der Waals surface area contributed by atoms with Crippen LogP contribution in [0.3, 0.4) is 0 Å². The van der Waals surface area contributed by atoms with Gasteiger partial charge in [0.15, 0.2) is 37.7 Å². The zero-order valence-corrected chi connectivity index (χ0v) is 36.7. The molecule has 30 atom stereocenters. The molecule has 1 amide bonds. The summed E-state index contributed by atoms with van der Waals surface area (Å²) in [6.07, 6.45) is -54.0. The van der Waals surface area contributed by atoms with Crippen molar-refractivity contribution in [3.8, 4) is 0 Å². The summed E-state index contributed by atoms with van der Waals surface area (Å²) in [5, 5.41) is 184. The Balaban J connectivity index is 1.39. The van der Waals surface area contributed by atoms with Crippen molar-refractivity contribution in [2.24, 2.45) is 0 Å². The second-order valence-electron chi connectivity index (χ2n) is 17.5. The minimum Gasteiger partial charge on any atom is -0.394 e. The molecule has 6 aliphatic heterocycles. The summed E-state index contributed by atoms with van der Waals surface area (Å²) >= 11 is 0. The Morgan fingerprint density at radius 2 is 0.794 bits per heavy atom. The first kappa shape index (κ1) is 55.7. The maximum absolute atomic E-state index is 13.1. The van der Waals surface area contributed by atoms with Crippen molar-refractivity contribution in [2.45, 2.75) is 205 Å². The molecule has 30 heteroatoms. The molecule has 6 aliphatic rings. The number of carbonyl (C=O) groups is 1. The molecule has 6 heterocycles. The fourth-order valence-corrected chi connectivity index (χ4v) is 8.78. The molecule has 0 aromatic carbocycles. The molecule has 6 fully saturated rings. The van der Waals surface area contributed by atoms with E-state index in [-0.39, 0.29) is 0 Å². The van der Waals surface area contributed by atoms with Crippen LogP contribution in [0, 0.1) is 0 Å². The monoisotopic (exact) mass is 999 g/mol. The lowest BCUT2D eigenvalue weighted by atomic mass is 9.93. The van der Waals surface area contributed by atoms with Gasteiger partial charge in [-0.2, -0.15) is 0 Å². The van der Waals surface area contributed by atoms with Crippen molar-refractivity contribution in [3.63, 3.8) is 0 Å². The number of aliphatic hydroxyl groups is 17. The molecule has 1 unspecified atom stereocenters. The van der Waals surface area contributed by atoms with Crippen LogP contribution in [0.25, 0.3) is 0 Å². The molecule has 0 spiro atoms. The summed E-state index contributed by atoms with van der Waals surface area (Å²) in [7, 11) is 0. The van der Waals surface area contributed by atoms with Crippen molar-refractivity contribution in [1.82, 2.24) is 5.32 Å². The Labute approximate surface area is 386 Å². The van der Waals surface area contributed by atoms with Gasteiger partial charge in [-0.1, -0.05) is 0 Å². The maximum atomic E-state index is 13.1. The average molecular weight is 1000 g/mol. The topological polar surface area (TPSA) is 475 Å². The lowest BCUT2D eigenvalue weighted by Crippen LogP contribution is -2.71. The van der Waals surface area contributed by atoms with Gasteiger partial charge in [0.1, 0.15) is 134 Å².